The molecule has 0 bridgehead atoms. The number of nitrogens with zero attached hydrogens (tertiary/aromatic N) is 2. The minimum Gasteiger partial charge on any atom is -0.487 e. The van der Waals surface area contributed by atoms with Gasteiger partial charge in [-0.15, -0.1) is 0 Å². The van der Waals surface area contributed by atoms with Crippen LogP contribution in [0.3, 0.4) is 0 Å². The van der Waals surface area contributed by atoms with Gasteiger partial charge < -0.3 is 9.64 Å². The van der Waals surface area contributed by atoms with Gasteiger partial charge in [0.25, 0.3) is 0 Å². The van der Waals surface area contributed by atoms with E-state index in [1.54, 1.807) is 12.1 Å². The van der Waals surface area contributed by atoms with Crippen LogP contribution < -0.4 is 4.74 Å². The van der Waals surface area contributed by atoms with E-state index in [-0.39, 0.29) is 17.6 Å². The summed E-state index contributed by atoms with van der Waals surface area (Å²) in [6.45, 7) is 5.94. The Morgan fingerprint density at radius 2 is 2.28 bits per heavy atom. The summed E-state index contributed by atoms with van der Waals surface area (Å²) in [6, 6.07) is 8.04. The van der Waals surface area contributed by atoms with E-state index < -0.39 is 0 Å². The summed E-state index contributed by atoms with van der Waals surface area (Å²) in [7, 11) is 0. The first kappa shape index (κ1) is 17.5. The molecule has 0 unspecified atom stereocenters. The van der Waals surface area contributed by atoms with Crippen molar-refractivity contribution in [1.29, 1.82) is 0 Å². The molecule has 6 heteroatoms. The zero-order valence-electron chi connectivity index (χ0n) is 14.7. The van der Waals surface area contributed by atoms with Crippen LogP contribution in [0.25, 0.3) is 0 Å². The van der Waals surface area contributed by atoms with Gasteiger partial charge in [-0.2, -0.15) is 5.10 Å². The van der Waals surface area contributed by atoms with Crippen molar-refractivity contribution in [2.24, 2.45) is 5.92 Å². The van der Waals surface area contributed by atoms with Crippen molar-refractivity contribution >= 4 is 5.91 Å². The van der Waals surface area contributed by atoms with Gasteiger partial charge in [-0.3, -0.25) is 9.89 Å². The summed E-state index contributed by atoms with van der Waals surface area (Å²) in [5.41, 5.74) is 1.80. The molecule has 1 saturated heterocycles. The van der Waals surface area contributed by atoms with Gasteiger partial charge in [0.15, 0.2) is 0 Å². The minimum absolute atomic E-state index is 0.225. The molecule has 5 nitrogen and oxygen atoms in total. The number of carbonyl (C=O) groups excluding carboxylic acids is 1. The van der Waals surface area contributed by atoms with E-state index in [0.717, 1.165) is 30.9 Å². The topological polar surface area (TPSA) is 58.2 Å². The van der Waals surface area contributed by atoms with Crippen LogP contribution in [-0.4, -0.2) is 34.1 Å². The fourth-order valence-electron chi connectivity index (χ4n) is 3.09. The van der Waals surface area contributed by atoms with Crippen LogP contribution in [0.2, 0.25) is 0 Å². The molecular weight excluding hydrogens is 321 g/mol. The lowest BCUT2D eigenvalue weighted by atomic mass is 10.1. The number of H-pyrrole nitrogens is 1. The van der Waals surface area contributed by atoms with Crippen molar-refractivity contribution in [3.05, 3.63) is 47.5 Å². The van der Waals surface area contributed by atoms with E-state index in [1.165, 1.54) is 12.1 Å². The molecule has 2 heterocycles. The maximum Gasteiger partial charge on any atom is 0.222 e. The third-order valence-electron chi connectivity index (χ3n) is 4.38. The Bertz CT molecular complexity index is 729. The summed E-state index contributed by atoms with van der Waals surface area (Å²) in [5.74, 6) is 1.03. The number of aromatic nitrogens is 2. The largest absolute Gasteiger partial charge is 0.487 e. The predicted octanol–water partition coefficient (Wildman–Crippen LogP) is 3.49. The first-order valence-electron chi connectivity index (χ1n) is 8.71. The predicted molar refractivity (Wildman–Crippen MR) is 92.7 cm³/mol. The van der Waals surface area contributed by atoms with E-state index in [2.05, 4.69) is 24.0 Å². The SMILES string of the molecule is CC(C)CC(=O)N1CC[C@@H](c2cc(COc3cccc(F)c3)[nH]n2)C1. The monoisotopic (exact) mass is 345 g/mol. The lowest BCUT2D eigenvalue weighted by molar-refractivity contribution is -0.130. The quantitative estimate of drug-likeness (QED) is 0.872. The molecule has 1 aliphatic rings. The molecule has 1 atom stereocenters. The van der Waals surface area contributed by atoms with Crippen LogP contribution in [0.1, 0.15) is 44.0 Å². The Morgan fingerprint density at radius 3 is 3.04 bits per heavy atom. The number of hydrogen-bond acceptors (Lipinski definition) is 3. The molecule has 3 rings (SSSR count). The van der Waals surface area contributed by atoms with Crippen LogP contribution in [-0.2, 0) is 11.4 Å². The van der Waals surface area contributed by atoms with Crippen LogP contribution in [0.15, 0.2) is 30.3 Å². The van der Waals surface area contributed by atoms with Gasteiger partial charge in [-0.05, 0) is 30.5 Å². The molecule has 25 heavy (non-hydrogen) atoms. The second kappa shape index (κ2) is 7.68. The zero-order valence-corrected chi connectivity index (χ0v) is 14.7. The maximum absolute atomic E-state index is 13.2. The van der Waals surface area contributed by atoms with Crippen LogP contribution >= 0.6 is 0 Å². The first-order chi connectivity index (χ1) is 12.0. The molecule has 0 saturated carbocycles. The molecule has 1 N–H and O–H groups in total. The summed E-state index contributed by atoms with van der Waals surface area (Å²) >= 11 is 0. The molecule has 1 aliphatic heterocycles. The summed E-state index contributed by atoms with van der Waals surface area (Å²) in [6.07, 6.45) is 1.53. The number of benzene rings is 1. The zero-order chi connectivity index (χ0) is 17.8. The molecule has 1 aromatic heterocycles. The van der Waals surface area contributed by atoms with Crippen molar-refractivity contribution in [2.75, 3.05) is 13.1 Å². The van der Waals surface area contributed by atoms with Crippen LogP contribution in [0.4, 0.5) is 4.39 Å². The van der Waals surface area contributed by atoms with Gasteiger partial charge in [-0.25, -0.2) is 4.39 Å². The van der Waals surface area contributed by atoms with Crippen molar-refractivity contribution in [2.45, 2.75) is 39.2 Å². The van der Waals surface area contributed by atoms with E-state index in [9.17, 15) is 9.18 Å². The maximum atomic E-state index is 13.2. The van der Waals surface area contributed by atoms with Gasteiger partial charge in [0.1, 0.15) is 18.2 Å². The number of amides is 1. The number of aromatic amines is 1. The molecule has 134 valence electrons. The highest BCUT2D eigenvalue weighted by Crippen LogP contribution is 2.27. The third-order valence-corrected chi connectivity index (χ3v) is 4.38. The van der Waals surface area contributed by atoms with E-state index in [0.29, 0.717) is 24.7 Å². The molecule has 2 aromatic rings. The minimum atomic E-state index is -0.320. The Balaban J connectivity index is 1.54. The Labute approximate surface area is 147 Å². The Kier molecular flexibility index (Phi) is 5.36. The summed E-state index contributed by atoms with van der Waals surface area (Å²) in [5, 5.41) is 7.34. The lowest BCUT2D eigenvalue weighted by Gasteiger charge is -2.17. The number of carbonyl (C=O) groups is 1. The van der Waals surface area contributed by atoms with Crippen molar-refractivity contribution < 1.29 is 13.9 Å². The molecule has 1 amide bonds. The number of likely N-dealkylation sites (tertiary alicyclic amines) is 1. The highest BCUT2D eigenvalue weighted by atomic mass is 19.1. The van der Waals surface area contributed by atoms with E-state index in [1.807, 2.05) is 11.0 Å². The molecule has 1 fully saturated rings. The average molecular weight is 345 g/mol. The molecule has 0 aliphatic carbocycles. The fraction of sp³-hybridized carbons (Fsp3) is 0.474. The number of hydrogen-bond donors (Lipinski definition) is 1. The summed E-state index contributed by atoms with van der Waals surface area (Å²) < 4.78 is 18.7. The van der Waals surface area contributed by atoms with Gasteiger partial charge in [0.2, 0.25) is 5.91 Å². The van der Waals surface area contributed by atoms with E-state index >= 15 is 0 Å². The van der Waals surface area contributed by atoms with Crippen molar-refractivity contribution in [1.82, 2.24) is 15.1 Å². The van der Waals surface area contributed by atoms with Crippen LogP contribution in [0.5, 0.6) is 5.75 Å². The molecule has 0 spiro atoms. The second-order valence-electron chi connectivity index (χ2n) is 6.99. The lowest BCUT2D eigenvalue weighted by Crippen LogP contribution is -2.29. The number of halogens is 1. The Morgan fingerprint density at radius 1 is 1.44 bits per heavy atom. The second-order valence-corrected chi connectivity index (χ2v) is 6.99. The van der Waals surface area contributed by atoms with Gasteiger partial charge in [0, 0.05) is 31.5 Å². The van der Waals surface area contributed by atoms with E-state index in [4.69, 9.17) is 4.74 Å². The number of ether oxygens (including phenoxy) is 1. The van der Waals surface area contributed by atoms with Crippen molar-refractivity contribution in [3.8, 4) is 5.75 Å². The van der Waals surface area contributed by atoms with Crippen molar-refractivity contribution in [3.63, 3.8) is 0 Å². The average Bonchev–Trinajstić information content (AvgIpc) is 3.21. The smallest absolute Gasteiger partial charge is 0.222 e. The Hall–Kier alpha value is -2.37. The fourth-order valence-corrected chi connectivity index (χ4v) is 3.09. The van der Waals surface area contributed by atoms with Gasteiger partial charge in [0.05, 0.1) is 11.4 Å². The van der Waals surface area contributed by atoms with Gasteiger partial charge >= 0.3 is 0 Å². The third kappa shape index (κ3) is 4.59. The molecular formula is C19H24FN3O2. The number of rotatable bonds is 6. The molecule has 0 radical (unpaired) electrons. The first-order valence-corrected chi connectivity index (χ1v) is 8.71. The molecule has 1 aromatic carbocycles. The normalized spacial score (nSPS) is 17.3. The highest BCUT2D eigenvalue weighted by molar-refractivity contribution is 5.76. The number of nitrogens with one attached hydrogen (secondary N) is 1. The van der Waals surface area contributed by atoms with Gasteiger partial charge in [-0.1, -0.05) is 19.9 Å². The van der Waals surface area contributed by atoms with Crippen LogP contribution in [0, 0.1) is 11.7 Å². The standard InChI is InChI=1S/C19H24FN3O2/c1-13(2)8-19(24)23-7-6-14(11-23)18-10-16(21-22-18)12-25-17-5-3-4-15(20)9-17/h3-5,9-10,13-14H,6-8,11-12H2,1-2H3,(H,21,22)/t14-/m1/s1. The highest BCUT2D eigenvalue weighted by Gasteiger charge is 2.29. The summed E-state index contributed by atoms with van der Waals surface area (Å²) in [4.78, 5) is 14.1.